The summed E-state index contributed by atoms with van der Waals surface area (Å²) in [5, 5.41) is 19.0. The van der Waals surface area contributed by atoms with Gasteiger partial charge in [0.15, 0.2) is 0 Å². The summed E-state index contributed by atoms with van der Waals surface area (Å²) >= 11 is 0. The fraction of sp³-hybridized carbons (Fsp3) is 0.375. The maximum absolute atomic E-state index is 10.3. The van der Waals surface area contributed by atoms with Crippen LogP contribution in [-0.4, -0.2) is 36.4 Å². The van der Waals surface area contributed by atoms with Crippen LogP contribution in [0.25, 0.3) is 0 Å². The summed E-state index contributed by atoms with van der Waals surface area (Å²) in [4.78, 5) is 27.0. The predicted octanol–water partition coefficient (Wildman–Crippen LogP) is -0.100. The van der Waals surface area contributed by atoms with Crippen LogP contribution in [0.5, 0.6) is 0 Å². The summed E-state index contributed by atoms with van der Waals surface area (Å²) < 4.78 is 4.51. The molecule has 0 spiro atoms. The molecule has 0 aromatic heterocycles. The van der Waals surface area contributed by atoms with Crippen molar-refractivity contribution in [2.45, 2.75) is 6.42 Å². The van der Waals surface area contributed by atoms with Gasteiger partial charge in [0.2, 0.25) is 12.2 Å². The minimum absolute atomic E-state index is 0.0461. The van der Waals surface area contributed by atoms with Crippen LogP contribution in [0.1, 0.15) is 6.42 Å². The Labute approximate surface area is 86.4 Å². The van der Waals surface area contributed by atoms with Crippen LogP contribution in [0, 0.1) is 10.8 Å². The van der Waals surface area contributed by atoms with Crippen molar-refractivity contribution in [1.82, 2.24) is 0 Å². The smallest absolute Gasteiger partial charge is 0.330 e. The molecule has 0 fully saturated rings. The zero-order chi connectivity index (χ0) is 12.5. The zero-order valence-electron chi connectivity index (χ0n) is 7.99. The summed E-state index contributed by atoms with van der Waals surface area (Å²) in [6, 6.07) is 0. The molecular weight excluding hydrogens is 204 g/mol. The molecule has 3 N–H and O–H groups in total. The molecule has 0 atom stereocenters. The highest BCUT2D eigenvalue weighted by Gasteiger charge is 1.91. The predicted molar refractivity (Wildman–Crippen MR) is 49.7 cm³/mol. The average Bonchev–Trinajstić information content (AvgIpc) is 2.20. The fourth-order valence-electron chi connectivity index (χ4n) is 0.296. The molecule has 15 heavy (non-hydrogen) atoms. The first kappa shape index (κ1) is 18.7. The van der Waals surface area contributed by atoms with Crippen LogP contribution >= 0.6 is 0 Å². The number of aliphatic hydroxyl groups excluding tert-OH is 1. The van der Waals surface area contributed by atoms with E-state index in [1.165, 1.54) is 0 Å². The highest BCUT2D eigenvalue weighted by Crippen LogP contribution is 1.82. The number of aliphatic hydroxyl groups is 1. The second-order valence-corrected chi connectivity index (χ2v) is 1.65. The summed E-state index contributed by atoms with van der Waals surface area (Å²) in [5.74, 6) is -0.441. The first-order chi connectivity index (χ1) is 7.14. The third kappa shape index (κ3) is 48.4. The molecule has 7 nitrogen and oxygen atoms in total. The molecular formula is C8H12N2O5. The Hall–Kier alpha value is -2.07. The van der Waals surface area contributed by atoms with Crippen molar-refractivity contribution < 1.29 is 24.2 Å². The van der Waals surface area contributed by atoms with Crippen molar-refractivity contribution in [1.29, 1.82) is 10.8 Å². The van der Waals surface area contributed by atoms with Crippen LogP contribution in [0.15, 0.2) is 12.7 Å². The van der Waals surface area contributed by atoms with E-state index in [4.69, 9.17) is 25.5 Å². The van der Waals surface area contributed by atoms with Gasteiger partial charge in [-0.2, -0.15) is 0 Å². The number of ether oxygens (including phenoxy) is 1. The Bertz CT molecular complexity index is 215. The van der Waals surface area contributed by atoms with Gasteiger partial charge in [0.05, 0.1) is 6.61 Å². The Kier molecular flexibility index (Phi) is 28.2. The quantitative estimate of drug-likeness (QED) is 0.199. The normalized spacial score (nSPS) is 6.20. The van der Waals surface area contributed by atoms with E-state index in [0.29, 0.717) is 6.42 Å². The number of isocyanates is 2. The number of nitrogens with one attached hydrogen (secondary N) is 2. The molecule has 0 saturated carbocycles. The summed E-state index contributed by atoms with van der Waals surface area (Å²) in [6.45, 7) is 3.51. The van der Waals surface area contributed by atoms with Gasteiger partial charge < -0.3 is 9.84 Å². The van der Waals surface area contributed by atoms with Gasteiger partial charge >= 0.3 is 5.97 Å². The van der Waals surface area contributed by atoms with E-state index in [1.807, 2.05) is 0 Å². The summed E-state index contributed by atoms with van der Waals surface area (Å²) in [5.41, 5.74) is 0. The van der Waals surface area contributed by atoms with Crippen LogP contribution in [-0.2, 0) is 19.1 Å². The van der Waals surface area contributed by atoms with E-state index in [-0.39, 0.29) is 13.2 Å². The van der Waals surface area contributed by atoms with E-state index >= 15 is 0 Å². The van der Waals surface area contributed by atoms with E-state index in [1.54, 1.807) is 0 Å². The Morgan fingerprint density at radius 1 is 1.40 bits per heavy atom. The van der Waals surface area contributed by atoms with E-state index < -0.39 is 5.97 Å². The number of carbonyl (C=O) groups excluding carboxylic acids is 3. The highest BCUT2D eigenvalue weighted by molar-refractivity contribution is 5.81. The molecule has 7 heteroatoms. The van der Waals surface area contributed by atoms with Gasteiger partial charge in [0.1, 0.15) is 0 Å². The van der Waals surface area contributed by atoms with Gasteiger partial charge in [0.25, 0.3) is 0 Å². The molecule has 0 aliphatic rings. The molecule has 0 radical (unpaired) electrons. The monoisotopic (exact) mass is 216 g/mol. The first-order valence-electron chi connectivity index (χ1n) is 3.62. The third-order valence-electron chi connectivity index (χ3n) is 0.713. The van der Waals surface area contributed by atoms with E-state index in [0.717, 1.165) is 18.2 Å². The Balaban J connectivity index is -0.000000200. The van der Waals surface area contributed by atoms with Gasteiger partial charge in [-0.15, -0.1) is 0 Å². The lowest BCUT2D eigenvalue weighted by molar-refractivity contribution is -0.137. The molecule has 0 aliphatic heterocycles. The molecule has 0 aromatic carbocycles. The standard InChI is InChI=1S/C6H10O3.2CHNO/c1-2-6(8)9-5-3-4-7;2*2-1-3/h2,7H,1,3-5H2;2*2H. The lowest BCUT2D eigenvalue weighted by Gasteiger charge is -1.96. The molecule has 0 aromatic rings. The highest BCUT2D eigenvalue weighted by atomic mass is 16.5. The minimum atomic E-state index is -0.441. The van der Waals surface area contributed by atoms with Crippen molar-refractivity contribution in [2.75, 3.05) is 13.2 Å². The van der Waals surface area contributed by atoms with Gasteiger partial charge in [-0.1, -0.05) is 6.58 Å². The van der Waals surface area contributed by atoms with Crippen molar-refractivity contribution in [3.8, 4) is 0 Å². The number of hydrogen-bond donors (Lipinski definition) is 3. The van der Waals surface area contributed by atoms with Crippen molar-refractivity contribution in [3.63, 3.8) is 0 Å². The zero-order valence-corrected chi connectivity index (χ0v) is 7.99. The molecule has 0 rings (SSSR count). The topological polar surface area (TPSA) is 128 Å². The maximum Gasteiger partial charge on any atom is 0.330 e. The van der Waals surface area contributed by atoms with Crippen molar-refractivity contribution in [2.24, 2.45) is 0 Å². The lowest BCUT2D eigenvalue weighted by Crippen LogP contribution is -2.02. The van der Waals surface area contributed by atoms with Gasteiger partial charge in [-0.05, 0) is 0 Å². The molecule has 0 saturated heterocycles. The molecule has 0 unspecified atom stereocenters. The van der Waals surface area contributed by atoms with Crippen molar-refractivity contribution in [3.05, 3.63) is 12.7 Å². The SMILES string of the molecule is C=CC(=O)OCCCO.N=C=O.N=C=O. The van der Waals surface area contributed by atoms with Gasteiger partial charge in [-0.25, -0.2) is 25.2 Å². The Morgan fingerprint density at radius 2 is 1.80 bits per heavy atom. The average molecular weight is 216 g/mol. The summed E-state index contributed by atoms with van der Waals surface area (Å²) in [7, 11) is 0. The van der Waals surface area contributed by atoms with Crippen LogP contribution in [0.3, 0.4) is 0 Å². The molecule has 84 valence electrons. The van der Waals surface area contributed by atoms with Crippen LogP contribution in [0.4, 0.5) is 0 Å². The molecule has 0 heterocycles. The lowest BCUT2D eigenvalue weighted by atomic mass is 10.5. The van der Waals surface area contributed by atoms with Crippen molar-refractivity contribution >= 4 is 18.1 Å². The number of esters is 1. The van der Waals surface area contributed by atoms with E-state index in [9.17, 15) is 4.79 Å². The maximum atomic E-state index is 10.3. The number of hydrogen-bond acceptors (Lipinski definition) is 7. The molecule has 0 bridgehead atoms. The third-order valence-corrected chi connectivity index (χ3v) is 0.713. The molecule has 0 amide bonds. The second kappa shape index (κ2) is 22.7. The van der Waals surface area contributed by atoms with E-state index in [2.05, 4.69) is 11.3 Å². The number of rotatable bonds is 4. The Morgan fingerprint density at radius 3 is 2.07 bits per heavy atom. The van der Waals surface area contributed by atoms with Gasteiger partial charge in [0, 0.05) is 19.1 Å². The minimum Gasteiger partial charge on any atom is -0.462 e. The largest absolute Gasteiger partial charge is 0.462 e. The fourth-order valence-corrected chi connectivity index (χ4v) is 0.296. The molecule has 0 aliphatic carbocycles. The first-order valence-corrected chi connectivity index (χ1v) is 3.62. The number of carbonyl (C=O) groups is 1. The van der Waals surface area contributed by atoms with Crippen LogP contribution < -0.4 is 0 Å². The summed E-state index contributed by atoms with van der Waals surface area (Å²) in [6.07, 6.45) is 3.08. The van der Waals surface area contributed by atoms with Crippen LogP contribution in [0.2, 0.25) is 0 Å². The van der Waals surface area contributed by atoms with Gasteiger partial charge in [-0.3, -0.25) is 0 Å². The second-order valence-electron chi connectivity index (χ2n) is 1.65.